The summed E-state index contributed by atoms with van der Waals surface area (Å²) in [6.45, 7) is 12.1. The summed E-state index contributed by atoms with van der Waals surface area (Å²) in [5.41, 5.74) is 0.166. The lowest BCUT2D eigenvalue weighted by atomic mass is 10.2. The van der Waals surface area contributed by atoms with E-state index in [1.54, 1.807) is 11.0 Å². The number of nitrogens with zero attached hydrogens (tertiary/aromatic N) is 2. The average Bonchev–Trinajstić information content (AvgIpc) is 2.63. The van der Waals surface area contributed by atoms with Gasteiger partial charge in [0, 0.05) is 39.3 Å². The summed E-state index contributed by atoms with van der Waals surface area (Å²) in [5, 5.41) is 5.67. The fourth-order valence-corrected chi connectivity index (χ4v) is 2.83. The fraction of sp³-hybridized carbons (Fsp3) is 0.600. The largest absolute Gasteiger partial charge is 0.492 e. The van der Waals surface area contributed by atoms with Crippen LogP contribution in [-0.4, -0.2) is 73.4 Å². The minimum Gasteiger partial charge on any atom is -0.492 e. The molecule has 0 radical (unpaired) electrons. The van der Waals surface area contributed by atoms with Gasteiger partial charge in [-0.15, -0.1) is 0 Å². The summed E-state index contributed by atoms with van der Waals surface area (Å²) >= 11 is 0. The number of hydrogen-bond acceptors (Lipinski definition) is 5. The fourth-order valence-electron chi connectivity index (χ4n) is 2.83. The number of carbonyl (C=O) groups is 2. The molecule has 0 aromatic heterocycles. The van der Waals surface area contributed by atoms with Crippen LogP contribution in [0.3, 0.4) is 0 Å². The normalized spacial score (nSPS) is 15.1. The third-order valence-electron chi connectivity index (χ3n) is 4.17. The van der Waals surface area contributed by atoms with Crippen molar-refractivity contribution < 1.29 is 19.1 Å². The summed E-state index contributed by atoms with van der Waals surface area (Å²) in [7, 11) is 0. The topological polar surface area (TPSA) is 83.1 Å². The van der Waals surface area contributed by atoms with Gasteiger partial charge in [0.05, 0.1) is 12.3 Å². The van der Waals surface area contributed by atoms with Gasteiger partial charge in [-0.3, -0.25) is 4.90 Å². The standard InChI is InChI=1S/C20H32N4O4/c1-5-27-17-9-7-6-8-16(17)22-18(25)21-10-11-23-12-14-24(15-13-23)19(26)28-20(2,3)4/h6-9H,5,10-15H2,1-4H3,(H2,21,22,25). The third-order valence-corrected chi connectivity index (χ3v) is 4.17. The maximum atomic E-state index is 12.1. The summed E-state index contributed by atoms with van der Waals surface area (Å²) in [6.07, 6.45) is -0.266. The lowest BCUT2D eigenvalue weighted by molar-refractivity contribution is 0.0147. The minimum absolute atomic E-state index is 0.264. The highest BCUT2D eigenvalue weighted by molar-refractivity contribution is 5.90. The summed E-state index contributed by atoms with van der Waals surface area (Å²) in [5.74, 6) is 0.651. The molecule has 3 amide bonds. The lowest BCUT2D eigenvalue weighted by Crippen LogP contribution is -2.51. The first kappa shape index (κ1) is 21.8. The van der Waals surface area contributed by atoms with E-state index in [4.69, 9.17) is 9.47 Å². The zero-order valence-corrected chi connectivity index (χ0v) is 17.3. The van der Waals surface area contributed by atoms with Gasteiger partial charge in [-0.05, 0) is 39.8 Å². The van der Waals surface area contributed by atoms with Crippen LogP contribution in [0, 0.1) is 0 Å². The maximum absolute atomic E-state index is 12.1. The number of urea groups is 1. The Kier molecular flexibility index (Phi) is 7.92. The quantitative estimate of drug-likeness (QED) is 0.778. The number of nitrogens with one attached hydrogen (secondary N) is 2. The van der Waals surface area contributed by atoms with E-state index in [1.807, 2.05) is 45.9 Å². The second-order valence-corrected chi connectivity index (χ2v) is 7.62. The first-order valence-corrected chi connectivity index (χ1v) is 9.75. The molecule has 28 heavy (non-hydrogen) atoms. The molecule has 1 heterocycles. The number of piperazine rings is 1. The van der Waals surface area contributed by atoms with E-state index in [-0.39, 0.29) is 12.1 Å². The van der Waals surface area contributed by atoms with Crippen LogP contribution < -0.4 is 15.4 Å². The number of benzene rings is 1. The zero-order chi connectivity index (χ0) is 20.6. The van der Waals surface area contributed by atoms with Gasteiger partial charge >= 0.3 is 12.1 Å². The molecule has 0 bridgehead atoms. The summed E-state index contributed by atoms with van der Waals surface area (Å²) in [4.78, 5) is 28.1. The van der Waals surface area contributed by atoms with Gasteiger partial charge in [0.25, 0.3) is 0 Å². The van der Waals surface area contributed by atoms with Crippen molar-refractivity contribution in [3.63, 3.8) is 0 Å². The number of rotatable bonds is 6. The van der Waals surface area contributed by atoms with Gasteiger partial charge in [0.15, 0.2) is 0 Å². The number of amides is 3. The zero-order valence-electron chi connectivity index (χ0n) is 17.3. The van der Waals surface area contributed by atoms with Crippen LogP contribution in [0.25, 0.3) is 0 Å². The van der Waals surface area contributed by atoms with Crippen molar-refractivity contribution in [1.82, 2.24) is 15.1 Å². The van der Waals surface area contributed by atoms with Crippen molar-refractivity contribution in [2.24, 2.45) is 0 Å². The van der Waals surface area contributed by atoms with Crippen LogP contribution in [0.2, 0.25) is 0 Å². The molecule has 0 saturated carbocycles. The molecule has 0 aliphatic carbocycles. The molecule has 1 aromatic carbocycles. The van der Waals surface area contributed by atoms with Crippen molar-refractivity contribution >= 4 is 17.8 Å². The molecule has 0 unspecified atom stereocenters. The molecule has 1 aromatic rings. The SMILES string of the molecule is CCOc1ccccc1NC(=O)NCCN1CCN(C(=O)OC(C)(C)C)CC1. The molecule has 8 heteroatoms. The molecule has 156 valence electrons. The summed E-state index contributed by atoms with van der Waals surface area (Å²) < 4.78 is 10.9. The van der Waals surface area contributed by atoms with E-state index in [2.05, 4.69) is 15.5 Å². The lowest BCUT2D eigenvalue weighted by Gasteiger charge is -2.35. The van der Waals surface area contributed by atoms with E-state index in [1.165, 1.54) is 0 Å². The van der Waals surface area contributed by atoms with Crippen molar-refractivity contribution in [3.8, 4) is 5.75 Å². The second-order valence-electron chi connectivity index (χ2n) is 7.62. The van der Waals surface area contributed by atoms with Crippen LogP contribution >= 0.6 is 0 Å². The van der Waals surface area contributed by atoms with Gasteiger partial charge in [-0.25, -0.2) is 9.59 Å². The van der Waals surface area contributed by atoms with Crippen LogP contribution in [-0.2, 0) is 4.74 Å². The highest BCUT2D eigenvalue weighted by Gasteiger charge is 2.25. The van der Waals surface area contributed by atoms with Gasteiger partial charge < -0.3 is 25.0 Å². The Balaban J connectivity index is 1.68. The number of hydrogen-bond donors (Lipinski definition) is 2. The Morgan fingerprint density at radius 1 is 1.11 bits per heavy atom. The number of ether oxygens (including phenoxy) is 2. The number of anilines is 1. The molecule has 0 spiro atoms. The molecule has 0 atom stereocenters. The average molecular weight is 393 g/mol. The molecule has 2 rings (SSSR count). The molecule has 1 saturated heterocycles. The third kappa shape index (κ3) is 7.26. The maximum Gasteiger partial charge on any atom is 0.410 e. The second kappa shape index (κ2) is 10.2. The Bertz CT molecular complexity index is 652. The van der Waals surface area contributed by atoms with E-state index in [0.29, 0.717) is 37.7 Å². The van der Waals surface area contributed by atoms with Crippen LogP contribution in [0.1, 0.15) is 27.7 Å². The van der Waals surface area contributed by atoms with E-state index >= 15 is 0 Å². The van der Waals surface area contributed by atoms with Crippen molar-refractivity contribution in [1.29, 1.82) is 0 Å². The Labute approximate surface area is 167 Å². The predicted octanol–water partition coefficient (Wildman–Crippen LogP) is 2.76. The van der Waals surface area contributed by atoms with E-state index < -0.39 is 5.60 Å². The van der Waals surface area contributed by atoms with Gasteiger partial charge in [-0.2, -0.15) is 0 Å². The van der Waals surface area contributed by atoms with Crippen LogP contribution in [0.15, 0.2) is 24.3 Å². The molecule has 1 fully saturated rings. The van der Waals surface area contributed by atoms with E-state index in [9.17, 15) is 9.59 Å². The molecule has 2 N–H and O–H groups in total. The highest BCUT2D eigenvalue weighted by atomic mass is 16.6. The smallest absolute Gasteiger partial charge is 0.410 e. The monoisotopic (exact) mass is 392 g/mol. The molecular weight excluding hydrogens is 360 g/mol. The Morgan fingerprint density at radius 3 is 2.43 bits per heavy atom. The van der Waals surface area contributed by atoms with Crippen LogP contribution in [0.5, 0.6) is 5.75 Å². The molecule has 8 nitrogen and oxygen atoms in total. The first-order valence-electron chi connectivity index (χ1n) is 9.75. The first-order chi connectivity index (χ1) is 13.3. The minimum atomic E-state index is -0.480. The molecule has 1 aliphatic heterocycles. The molecule has 1 aliphatic rings. The van der Waals surface area contributed by atoms with Gasteiger partial charge in [0.2, 0.25) is 0 Å². The van der Waals surface area contributed by atoms with Crippen LogP contribution in [0.4, 0.5) is 15.3 Å². The Morgan fingerprint density at radius 2 is 1.79 bits per heavy atom. The van der Waals surface area contributed by atoms with Crippen molar-refractivity contribution in [2.45, 2.75) is 33.3 Å². The Hall–Kier alpha value is -2.48. The van der Waals surface area contributed by atoms with Crippen molar-refractivity contribution in [2.75, 3.05) is 51.2 Å². The van der Waals surface area contributed by atoms with E-state index in [0.717, 1.165) is 19.6 Å². The van der Waals surface area contributed by atoms with Gasteiger partial charge in [0.1, 0.15) is 11.4 Å². The highest BCUT2D eigenvalue weighted by Crippen LogP contribution is 2.23. The molecular formula is C20H32N4O4. The summed E-state index contributed by atoms with van der Waals surface area (Å²) in [6, 6.07) is 7.08. The van der Waals surface area contributed by atoms with Gasteiger partial charge in [-0.1, -0.05) is 12.1 Å². The predicted molar refractivity (Wildman–Crippen MR) is 109 cm³/mol. The number of carbonyl (C=O) groups excluding carboxylic acids is 2. The number of para-hydroxylation sites is 2. The van der Waals surface area contributed by atoms with Crippen molar-refractivity contribution in [3.05, 3.63) is 24.3 Å².